The number of nitrogens with one attached hydrogen (secondary N) is 1. The molecule has 1 N–H and O–H groups in total. The van der Waals surface area contributed by atoms with E-state index in [2.05, 4.69) is 5.32 Å². The molecule has 0 fully saturated rings. The summed E-state index contributed by atoms with van der Waals surface area (Å²) in [7, 11) is 0. The van der Waals surface area contributed by atoms with Crippen LogP contribution in [0.15, 0.2) is 78.9 Å². The number of benzene rings is 3. The van der Waals surface area contributed by atoms with Crippen molar-refractivity contribution in [3.05, 3.63) is 84.4 Å². The Kier molecular flexibility index (Phi) is 6.90. The number of rotatable bonds is 9. The van der Waals surface area contributed by atoms with E-state index in [9.17, 15) is 4.79 Å². The molecule has 0 bridgehead atoms. The molecule has 1 amide bonds. The smallest absolute Gasteiger partial charge is 0.262 e. The van der Waals surface area contributed by atoms with Crippen LogP contribution in [0.2, 0.25) is 0 Å². The molecule has 0 heterocycles. The van der Waals surface area contributed by atoms with Crippen molar-refractivity contribution in [2.45, 2.75) is 6.92 Å². The predicted molar refractivity (Wildman–Crippen MR) is 109 cm³/mol. The fourth-order valence-electron chi connectivity index (χ4n) is 2.53. The van der Waals surface area contributed by atoms with Crippen LogP contribution in [-0.4, -0.2) is 25.7 Å². The van der Waals surface area contributed by atoms with E-state index in [1.54, 1.807) is 24.3 Å². The van der Waals surface area contributed by atoms with E-state index in [4.69, 9.17) is 14.2 Å². The summed E-state index contributed by atoms with van der Waals surface area (Å²) < 4.78 is 16.8. The minimum atomic E-state index is -0.215. The fourth-order valence-corrected chi connectivity index (χ4v) is 2.53. The molecule has 0 unspecified atom stereocenters. The summed E-state index contributed by atoms with van der Waals surface area (Å²) in [5.41, 5.74) is 1.68. The summed E-state index contributed by atoms with van der Waals surface area (Å²) in [5, 5.41) is 2.80. The number of aryl methyl sites for hydroxylation is 1. The standard InChI is InChI=1S/C23H23NO4/c1-18-7-5-6-10-22(18)28-17-23(25)24-19-11-13-21(14-12-19)27-16-15-26-20-8-3-2-4-9-20/h2-14H,15-17H2,1H3,(H,24,25). The Morgan fingerprint density at radius 3 is 2.04 bits per heavy atom. The molecule has 144 valence electrons. The molecular formula is C23H23NO4. The number of anilines is 1. The van der Waals surface area contributed by atoms with Crippen LogP contribution in [0.4, 0.5) is 5.69 Å². The van der Waals surface area contributed by atoms with Crippen LogP contribution in [0.3, 0.4) is 0 Å². The van der Waals surface area contributed by atoms with Crippen molar-refractivity contribution in [2.24, 2.45) is 0 Å². The number of hydrogen-bond donors (Lipinski definition) is 1. The van der Waals surface area contributed by atoms with Crippen LogP contribution in [-0.2, 0) is 4.79 Å². The highest BCUT2D eigenvalue weighted by molar-refractivity contribution is 5.91. The van der Waals surface area contributed by atoms with Crippen molar-refractivity contribution in [3.8, 4) is 17.2 Å². The highest BCUT2D eigenvalue weighted by Gasteiger charge is 2.05. The quantitative estimate of drug-likeness (QED) is 0.559. The van der Waals surface area contributed by atoms with Crippen molar-refractivity contribution in [1.29, 1.82) is 0 Å². The van der Waals surface area contributed by atoms with Gasteiger partial charge < -0.3 is 19.5 Å². The average Bonchev–Trinajstić information content (AvgIpc) is 2.72. The molecule has 0 saturated heterocycles. The minimum absolute atomic E-state index is 0.0417. The molecule has 0 saturated carbocycles. The van der Waals surface area contributed by atoms with Crippen molar-refractivity contribution >= 4 is 11.6 Å². The molecule has 0 aliphatic heterocycles. The van der Waals surface area contributed by atoms with Gasteiger partial charge in [-0.3, -0.25) is 4.79 Å². The van der Waals surface area contributed by atoms with Gasteiger partial charge >= 0.3 is 0 Å². The van der Waals surface area contributed by atoms with E-state index in [0.29, 0.717) is 30.4 Å². The summed E-state index contributed by atoms with van der Waals surface area (Å²) in [6, 6.07) is 24.4. The number of carbonyl (C=O) groups excluding carboxylic acids is 1. The van der Waals surface area contributed by atoms with Crippen molar-refractivity contribution in [3.63, 3.8) is 0 Å². The van der Waals surface area contributed by atoms with Gasteiger partial charge in [0.25, 0.3) is 5.91 Å². The Morgan fingerprint density at radius 1 is 0.750 bits per heavy atom. The molecule has 3 rings (SSSR count). The summed E-state index contributed by atoms with van der Waals surface area (Å²) in [6.45, 7) is 2.79. The first kappa shape index (κ1) is 19.3. The van der Waals surface area contributed by atoms with Crippen LogP contribution < -0.4 is 19.5 Å². The van der Waals surface area contributed by atoms with Gasteiger partial charge in [0.15, 0.2) is 6.61 Å². The molecule has 0 aliphatic rings. The number of hydrogen-bond acceptors (Lipinski definition) is 4. The Bertz CT molecular complexity index is 879. The van der Waals surface area contributed by atoms with E-state index in [0.717, 1.165) is 11.3 Å². The van der Waals surface area contributed by atoms with E-state index in [1.165, 1.54) is 0 Å². The monoisotopic (exact) mass is 377 g/mol. The van der Waals surface area contributed by atoms with Gasteiger partial charge in [-0.05, 0) is 55.0 Å². The third-order valence-corrected chi connectivity index (χ3v) is 3.95. The first-order chi connectivity index (χ1) is 13.7. The van der Waals surface area contributed by atoms with Gasteiger partial charge in [0.2, 0.25) is 0 Å². The SMILES string of the molecule is Cc1ccccc1OCC(=O)Nc1ccc(OCCOc2ccccc2)cc1. The van der Waals surface area contributed by atoms with E-state index in [-0.39, 0.29) is 12.5 Å². The fraction of sp³-hybridized carbons (Fsp3) is 0.174. The van der Waals surface area contributed by atoms with Gasteiger partial charge in [0.1, 0.15) is 30.5 Å². The summed E-state index contributed by atoms with van der Waals surface area (Å²) in [6.07, 6.45) is 0. The third-order valence-electron chi connectivity index (χ3n) is 3.95. The maximum absolute atomic E-state index is 12.0. The van der Waals surface area contributed by atoms with Crippen molar-refractivity contribution < 1.29 is 19.0 Å². The number of para-hydroxylation sites is 2. The molecule has 28 heavy (non-hydrogen) atoms. The van der Waals surface area contributed by atoms with E-state index >= 15 is 0 Å². The van der Waals surface area contributed by atoms with Crippen LogP contribution in [0.1, 0.15) is 5.56 Å². The minimum Gasteiger partial charge on any atom is -0.490 e. The Balaban J connectivity index is 1.39. The summed E-state index contributed by atoms with van der Waals surface area (Å²) in [4.78, 5) is 12.0. The third kappa shape index (κ3) is 6.06. The Morgan fingerprint density at radius 2 is 1.36 bits per heavy atom. The van der Waals surface area contributed by atoms with Crippen LogP contribution in [0.5, 0.6) is 17.2 Å². The predicted octanol–water partition coefficient (Wildman–Crippen LogP) is 4.47. The lowest BCUT2D eigenvalue weighted by Crippen LogP contribution is -2.20. The normalized spacial score (nSPS) is 10.2. The lowest BCUT2D eigenvalue weighted by molar-refractivity contribution is -0.118. The topological polar surface area (TPSA) is 56.8 Å². The molecule has 0 aliphatic carbocycles. The van der Waals surface area contributed by atoms with Crippen LogP contribution in [0.25, 0.3) is 0 Å². The number of amides is 1. The maximum atomic E-state index is 12.0. The molecule has 0 aromatic heterocycles. The lowest BCUT2D eigenvalue weighted by Gasteiger charge is -2.11. The summed E-state index contributed by atoms with van der Waals surface area (Å²) in [5.74, 6) is 2.02. The first-order valence-electron chi connectivity index (χ1n) is 9.10. The Labute approximate surface area is 164 Å². The molecule has 5 heteroatoms. The van der Waals surface area contributed by atoms with Gasteiger partial charge in [-0.15, -0.1) is 0 Å². The molecule has 0 atom stereocenters. The average molecular weight is 377 g/mol. The second-order valence-electron chi connectivity index (χ2n) is 6.14. The molecule has 0 radical (unpaired) electrons. The van der Waals surface area contributed by atoms with Gasteiger partial charge in [0, 0.05) is 5.69 Å². The van der Waals surface area contributed by atoms with E-state index < -0.39 is 0 Å². The molecule has 5 nitrogen and oxygen atoms in total. The molecule has 3 aromatic rings. The Hall–Kier alpha value is -3.47. The van der Waals surface area contributed by atoms with Gasteiger partial charge in [-0.1, -0.05) is 36.4 Å². The number of carbonyl (C=O) groups is 1. The zero-order valence-corrected chi connectivity index (χ0v) is 15.8. The molecule has 3 aromatic carbocycles. The molecule has 0 spiro atoms. The van der Waals surface area contributed by atoms with Gasteiger partial charge in [-0.2, -0.15) is 0 Å². The number of ether oxygens (including phenoxy) is 3. The van der Waals surface area contributed by atoms with Crippen LogP contribution >= 0.6 is 0 Å². The van der Waals surface area contributed by atoms with Crippen molar-refractivity contribution in [1.82, 2.24) is 0 Å². The molecular weight excluding hydrogens is 354 g/mol. The second-order valence-corrected chi connectivity index (χ2v) is 6.14. The van der Waals surface area contributed by atoms with Crippen molar-refractivity contribution in [2.75, 3.05) is 25.1 Å². The van der Waals surface area contributed by atoms with Gasteiger partial charge in [0.05, 0.1) is 0 Å². The van der Waals surface area contributed by atoms with Crippen LogP contribution in [0, 0.1) is 6.92 Å². The highest BCUT2D eigenvalue weighted by Crippen LogP contribution is 2.18. The van der Waals surface area contributed by atoms with E-state index in [1.807, 2.05) is 61.5 Å². The zero-order valence-electron chi connectivity index (χ0n) is 15.8. The lowest BCUT2D eigenvalue weighted by atomic mass is 10.2. The first-order valence-corrected chi connectivity index (χ1v) is 9.10. The summed E-state index contributed by atoms with van der Waals surface area (Å²) >= 11 is 0. The second kappa shape index (κ2) is 10.0. The maximum Gasteiger partial charge on any atom is 0.262 e. The highest BCUT2D eigenvalue weighted by atomic mass is 16.5. The van der Waals surface area contributed by atoms with Gasteiger partial charge in [-0.25, -0.2) is 0 Å². The largest absolute Gasteiger partial charge is 0.490 e. The zero-order chi connectivity index (χ0) is 19.6.